The summed E-state index contributed by atoms with van der Waals surface area (Å²) >= 11 is 6.08. The number of aliphatic carboxylic acids is 1. The molecule has 0 aliphatic carbocycles. The number of nitrogens with zero attached hydrogens (tertiary/aromatic N) is 1. The quantitative estimate of drug-likeness (QED) is 0.366. The first-order valence-electron chi connectivity index (χ1n) is 9.43. The van der Waals surface area contributed by atoms with Gasteiger partial charge in [-0.05, 0) is 58.7 Å². The molecule has 1 heterocycles. The van der Waals surface area contributed by atoms with E-state index in [0.717, 1.165) is 44.9 Å². The van der Waals surface area contributed by atoms with Crippen molar-refractivity contribution in [2.45, 2.75) is 0 Å². The van der Waals surface area contributed by atoms with E-state index in [9.17, 15) is 4.79 Å². The van der Waals surface area contributed by atoms with Gasteiger partial charge in [0.1, 0.15) is 0 Å². The summed E-state index contributed by atoms with van der Waals surface area (Å²) in [6, 6.07) is 25.5. The number of pyridine rings is 1. The first-order chi connectivity index (χ1) is 14.6. The molecule has 4 aromatic rings. The number of benzene rings is 3. The zero-order chi connectivity index (χ0) is 20.9. The molecular formula is C26H18ClNO2. The maximum atomic E-state index is 10.9. The Kier molecular flexibility index (Phi) is 5.73. The van der Waals surface area contributed by atoms with Crippen LogP contribution in [-0.2, 0) is 4.79 Å². The average molecular weight is 412 g/mol. The van der Waals surface area contributed by atoms with E-state index in [-0.39, 0.29) is 0 Å². The number of hydrogen-bond donors (Lipinski definition) is 1. The highest BCUT2D eigenvalue weighted by molar-refractivity contribution is 6.31. The van der Waals surface area contributed by atoms with Crippen molar-refractivity contribution in [1.82, 2.24) is 4.98 Å². The van der Waals surface area contributed by atoms with Crippen molar-refractivity contribution < 1.29 is 9.90 Å². The molecule has 0 atom stereocenters. The number of carbonyl (C=O) groups is 1. The molecule has 1 N–H and O–H groups in total. The van der Waals surface area contributed by atoms with Crippen molar-refractivity contribution in [3.05, 3.63) is 107 Å². The zero-order valence-corrected chi connectivity index (χ0v) is 16.8. The molecule has 0 spiro atoms. The van der Waals surface area contributed by atoms with Crippen LogP contribution in [0, 0.1) is 0 Å². The van der Waals surface area contributed by atoms with Crippen molar-refractivity contribution in [2.24, 2.45) is 0 Å². The van der Waals surface area contributed by atoms with Gasteiger partial charge in [0.2, 0.25) is 0 Å². The molecule has 3 nitrogen and oxygen atoms in total. The standard InChI is InChI=1S/C26H18ClNO2/c27-22-12-9-20-10-14-23(28-25(20)17-22)13-8-18-4-3-6-21(16-18)24-7-2-1-5-19(24)11-15-26(29)30/h1-17H,(H,29,30). The highest BCUT2D eigenvalue weighted by Gasteiger charge is 2.04. The predicted octanol–water partition coefficient (Wildman–Crippen LogP) is 6.82. The van der Waals surface area contributed by atoms with E-state index in [4.69, 9.17) is 16.7 Å². The zero-order valence-electron chi connectivity index (χ0n) is 16.0. The number of halogens is 1. The number of aromatic nitrogens is 1. The Morgan fingerprint density at radius 2 is 1.70 bits per heavy atom. The van der Waals surface area contributed by atoms with Crippen LogP contribution in [0.4, 0.5) is 0 Å². The Bertz CT molecular complexity index is 1290. The van der Waals surface area contributed by atoms with E-state index in [1.807, 2.05) is 84.9 Å². The lowest BCUT2D eigenvalue weighted by Gasteiger charge is -2.07. The molecule has 1 aromatic heterocycles. The van der Waals surface area contributed by atoms with Gasteiger partial charge in [0.15, 0.2) is 0 Å². The van der Waals surface area contributed by atoms with E-state index >= 15 is 0 Å². The minimum atomic E-state index is -0.967. The molecule has 3 aromatic carbocycles. The molecule has 4 rings (SSSR count). The molecule has 0 aliphatic heterocycles. The number of rotatable bonds is 5. The summed E-state index contributed by atoms with van der Waals surface area (Å²) in [5.41, 5.74) is 5.58. The highest BCUT2D eigenvalue weighted by atomic mass is 35.5. The van der Waals surface area contributed by atoms with E-state index < -0.39 is 5.97 Å². The Morgan fingerprint density at radius 1 is 0.867 bits per heavy atom. The molecule has 0 amide bonds. The largest absolute Gasteiger partial charge is 0.478 e. The van der Waals surface area contributed by atoms with Gasteiger partial charge in [-0.15, -0.1) is 0 Å². The minimum Gasteiger partial charge on any atom is -0.478 e. The van der Waals surface area contributed by atoms with E-state index in [1.54, 1.807) is 6.08 Å². The van der Waals surface area contributed by atoms with Crippen LogP contribution in [-0.4, -0.2) is 16.1 Å². The Labute approximate surface area is 179 Å². The highest BCUT2D eigenvalue weighted by Crippen LogP contribution is 2.26. The lowest BCUT2D eigenvalue weighted by Crippen LogP contribution is -1.88. The third-order valence-electron chi connectivity index (χ3n) is 4.69. The van der Waals surface area contributed by atoms with Gasteiger partial charge >= 0.3 is 5.97 Å². The van der Waals surface area contributed by atoms with Crippen LogP contribution >= 0.6 is 11.6 Å². The fourth-order valence-electron chi connectivity index (χ4n) is 3.26. The third-order valence-corrected chi connectivity index (χ3v) is 4.92. The molecular weight excluding hydrogens is 394 g/mol. The van der Waals surface area contributed by atoms with Gasteiger partial charge in [-0.1, -0.05) is 72.3 Å². The molecule has 30 heavy (non-hydrogen) atoms. The van der Waals surface area contributed by atoms with E-state index in [1.165, 1.54) is 0 Å². The van der Waals surface area contributed by atoms with Crippen LogP contribution in [0.5, 0.6) is 0 Å². The number of carboxylic acids is 1. The van der Waals surface area contributed by atoms with E-state index in [2.05, 4.69) is 11.1 Å². The first-order valence-corrected chi connectivity index (χ1v) is 9.81. The molecule has 146 valence electrons. The summed E-state index contributed by atoms with van der Waals surface area (Å²) in [6.07, 6.45) is 6.75. The van der Waals surface area contributed by atoms with Gasteiger partial charge in [0, 0.05) is 16.5 Å². The van der Waals surface area contributed by atoms with Crippen LogP contribution < -0.4 is 0 Å². The normalized spacial score (nSPS) is 11.5. The summed E-state index contributed by atoms with van der Waals surface area (Å²) in [6.45, 7) is 0. The lowest BCUT2D eigenvalue weighted by molar-refractivity contribution is -0.131. The summed E-state index contributed by atoms with van der Waals surface area (Å²) in [5, 5.41) is 10.6. The third kappa shape index (κ3) is 4.65. The Morgan fingerprint density at radius 3 is 2.57 bits per heavy atom. The van der Waals surface area contributed by atoms with Gasteiger partial charge < -0.3 is 5.11 Å². The number of fused-ring (bicyclic) bond motifs is 1. The smallest absolute Gasteiger partial charge is 0.328 e. The second-order valence-electron chi connectivity index (χ2n) is 6.79. The fourth-order valence-corrected chi connectivity index (χ4v) is 3.42. The Balaban J connectivity index is 1.64. The van der Waals surface area contributed by atoms with Gasteiger partial charge in [0.05, 0.1) is 11.2 Å². The summed E-state index contributed by atoms with van der Waals surface area (Å²) < 4.78 is 0. The minimum absolute atomic E-state index is 0.666. The van der Waals surface area contributed by atoms with E-state index in [0.29, 0.717) is 5.02 Å². The van der Waals surface area contributed by atoms with Crippen LogP contribution in [0.1, 0.15) is 16.8 Å². The monoisotopic (exact) mass is 411 g/mol. The fraction of sp³-hybridized carbons (Fsp3) is 0. The Hall–Kier alpha value is -3.69. The number of hydrogen-bond acceptors (Lipinski definition) is 2. The van der Waals surface area contributed by atoms with Crippen LogP contribution in [0.2, 0.25) is 5.02 Å². The van der Waals surface area contributed by atoms with Crippen LogP contribution in [0.3, 0.4) is 0 Å². The lowest BCUT2D eigenvalue weighted by atomic mass is 9.97. The second kappa shape index (κ2) is 8.76. The maximum absolute atomic E-state index is 10.9. The van der Waals surface area contributed by atoms with Crippen molar-refractivity contribution in [3.8, 4) is 11.1 Å². The van der Waals surface area contributed by atoms with Crippen molar-refractivity contribution in [1.29, 1.82) is 0 Å². The summed E-state index contributed by atoms with van der Waals surface area (Å²) in [5.74, 6) is -0.967. The number of carboxylic acid groups (broad SMARTS) is 1. The molecule has 0 unspecified atom stereocenters. The van der Waals surface area contributed by atoms with Crippen molar-refractivity contribution in [2.75, 3.05) is 0 Å². The topological polar surface area (TPSA) is 50.2 Å². The van der Waals surface area contributed by atoms with Crippen molar-refractivity contribution >= 4 is 46.7 Å². The van der Waals surface area contributed by atoms with Crippen LogP contribution in [0.25, 0.3) is 40.3 Å². The predicted molar refractivity (Wildman–Crippen MR) is 124 cm³/mol. The maximum Gasteiger partial charge on any atom is 0.328 e. The van der Waals surface area contributed by atoms with Crippen LogP contribution in [0.15, 0.2) is 84.9 Å². The molecule has 4 heteroatoms. The SMILES string of the molecule is O=C(O)C=Cc1ccccc1-c1cccc(C=Cc2ccc3ccc(Cl)cc3n2)c1. The molecule has 0 fully saturated rings. The first kappa shape index (κ1) is 19.6. The second-order valence-corrected chi connectivity index (χ2v) is 7.23. The molecule has 0 radical (unpaired) electrons. The molecule has 0 bridgehead atoms. The van der Waals surface area contributed by atoms with Crippen molar-refractivity contribution in [3.63, 3.8) is 0 Å². The van der Waals surface area contributed by atoms with Gasteiger partial charge in [0.25, 0.3) is 0 Å². The summed E-state index contributed by atoms with van der Waals surface area (Å²) in [4.78, 5) is 15.5. The van der Waals surface area contributed by atoms with Gasteiger partial charge in [-0.2, -0.15) is 0 Å². The molecule has 0 saturated heterocycles. The summed E-state index contributed by atoms with van der Waals surface area (Å²) in [7, 11) is 0. The van der Waals surface area contributed by atoms with Gasteiger partial charge in [-0.3, -0.25) is 0 Å². The molecule has 0 saturated carbocycles. The van der Waals surface area contributed by atoms with Gasteiger partial charge in [-0.25, -0.2) is 9.78 Å². The molecule has 0 aliphatic rings. The average Bonchev–Trinajstić information content (AvgIpc) is 2.76.